The minimum Gasteiger partial charge on any atom is -0.329 e. The molecule has 1 unspecified atom stereocenters. The summed E-state index contributed by atoms with van der Waals surface area (Å²) in [4.78, 5) is 2.23. The van der Waals surface area contributed by atoms with Crippen molar-refractivity contribution in [1.29, 1.82) is 0 Å². The predicted molar refractivity (Wildman–Crippen MR) is 78.5 cm³/mol. The summed E-state index contributed by atoms with van der Waals surface area (Å²) in [5.41, 5.74) is 5.76. The second-order valence-corrected chi connectivity index (χ2v) is 8.13. The van der Waals surface area contributed by atoms with E-state index in [0.717, 1.165) is 19.4 Å². The van der Waals surface area contributed by atoms with Crippen molar-refractivity contribution < 1.29 is 8.42 Å². The van der Waals surface area contributed by atoms with Crippen LogP contribution in [0.25, 0.3) is 0 Å². The molecule has 18 heavy (non-hydrogen) atoms. The van der Waals surface area contributed by atoms with E-state index in [1.807, 2.05) is 0 Å². The normalized spacial score (nSPS) is 16.2. The van der Waals surface area contributed by atoms with Crippen molar-refractivity contribution in [1.82, 2.24) is 4.90 Å². The number of nitrogens with two attached hydrogens (primary N) is 1. The first-order valence-corrected chi connectivity index (χ1v) is 8.61. The molecule has 110 valence electrons. The third-order valence-corrected chi connectivity index (χ3v) is 6.01. The number of rotatable bonds is 9. The highest BCUT2D eigenvalue weighted by Gasteiger charge is 2.29. The van der Waals surface area contributed by atoms with Crippen LogP contribution in [0.4, 0.5) is 0 Å². The Hall–Kier alpha value is -0.130. The lowest BCUT2D eigenvalue weighted by Gasteiger charge is -2.40. The van der Waals surface area contributed by atoms with E-state index in [2.05, 4.69) is 25.7 Å². The number of sulfone groups is 1. The summed E-state index contributed by atoms with van der Waals surface area (Å²) in [5, 5.41) is -0.299. The Balaban J connectivity index is 4.75. The minimum absolute atomic E-state index is 0.0947. The molecule has 1 atom stereocenters. The summed E-state index contributed by atoms with van der Waals surface area (Å²) in [6, 6.07) is 0. The molecule has 0 fully saturated rings. The quantitative estimate of drug-likeness (QED) is 0.696. The summed E-state index contributed by atoms with van der Waals surface area (Å²) in [6.07, 6.45) is 1.95. The molecule has 0 saturated heterocycles. The smallest absolute Gasteiger partial charge is 0.153 e. The Morgan fingerprint density at radius 2 is 1.78 bits per heavy atom. The first kappa shape index (κ1) is 17.9. The molecule has 0 bridgehead atoms. The summed E-state index contributed by atoms with van der Waals surface area (Å²) in [5.74, 6) is 0.222. The molecule has 0 aromatic heterocycles. The van der Waals surface area contributed by atoms with Crippen molar-refractivity contribution in [3.8, 4) is 0 Å². The molecule has 0 spiro atoms. The molecule has 0 amide bonds. The van der Waals surface area contributed by atoms with Crippen molar-refractivity contribution in [2.45, 2.75) is 58.2 Å². The van der Waals surface area contributed by atoms with Gasteiger partial charge in [0.15, 0.2) is 9.84 Å². The van der Waals surface area contributed by atoms with E-state index in [9.17, 15) is 8.42 Å². The van der Waals surface area contributed by atoms with E-state index in [0.29, 0.717) is 13.1 Å². The molecule has 0 heterocycles. The van der Waals surface area contributed by atoms with Crippen LogP contribution >= 0.6 is 0 Å². The van der Waals surface area contributed by atoms with Gasteiger partial charge in [-0.05, 0) is 40.2 Å². The highest BCUT2D eigenvalue weighted by molar-refractivity contribution is 7.92. The monoisotopic (exact) mass is 278 g/mol. The third kappa shape index (κ3) is 4.86. The van der Waals surface area contributed by atoms with Crippen LogP contribution in [0.2, 0.25) is 0 Å². The van der Waals surface area contributed by atoms with Gasteiger partial charge in [-0.25, -0.2) is 8.42 Å². The van der Waals surface area contributed by atoms with Gasteiger partial charge in [0.1, 0.15) is 0 Å². The van der Waals surface area contributed by atoms with Crippen LogP contribution < -0.4 is 5.73 Å². The Morgan fingerprint density at radius 1 is 1.22 bits per heavy atom. The van der Waals surface area contributed by atoms with E-state index >= 15 is 0 Å². The molecule has 4 nitrogen and oxygen atoms in total. The van der Waals surface area contributed by atoms with Crippen LogP contribution in [0, 0.1) is 0 Å². The average Bonchev–Trinajstić information content (AvgIpc) is 2.33. The molecule has 0 aliphatic heterocycles. The lowest BCUT2D eigenvalue weighted by molar-refractivity contribution is 0.113. The largest absolute Gasteiger partial charge is 0.329 e. The Kier molecular flexibility index (Phi) is 7.40. The summed E-state index contributed by atoms with van der Waals surface area (Å²) >= 11 is 0. The van der Waals surface area contributed by atoms with E-state index in [1.54, 1.807) is 13.8 Å². The summed E-state index contributed by atoms with van der Waals surface area (Å²) in [6.45, 7) is 11.8. The topological polar surface area (TPSA) is 63.4 Å². The van der Waals surface area contributed by atoms with Crippen LogP contribution in [0.3, 0.4) is 0 Å². The SMILES string of the molecule is CCCN(CCS(=O)(=O)C(C)C)C(C)(CC)CN. The Morgan fingerprint density at radius 3 is 2.11 bits per heavy atom. The Bertz CT molecular complexity index is 322. The fourth-order valence-electron chi connectivity index (χ4n) is 1.89. The van der Waals surface area contributed by atoms with E-state index in [4.69, 9.17) is 5.73 Å². The van der Waals surface area contributed by atoms with Crippen LogP contribution in [-0.2, 0) is 9.84 Å². The fourth-order valence-corrected chi connectivity index (χ4v) is 2.84. The molecule has 0 radical (unpaired) electrons. The third-order valence-electron chi connectivity index (χ3n) is 3.82. The summed E-state index contributed by atoms with van der Waals surface area (Å²) in [7, 11) is -2.97. The number of hydrogen-bond acceptors (Lipinski definition) is 4. The van der Waals surface area contributed by atoms with Gasteiger partial charge in [-0.15, -0.1) is 0 Å². The van der Waals surface area contributed by atoms with Crippen molar-refractivity contribution in [3.05, 3.63) is 0 Å². The van der Waals surface area contributed by atoms with E-state index < -0.39 is 9.84 Å². The summed E-state index contributed by atoms with van der Waals surface area (Å²) < 4.78 is 23.8. The second-order valence-electron chi connectivity index (χ2n) is 5.46. The van der Waals surface area contributed by atoms with Gasteiger partial charge in [-0.1, -0.05) is 13.8 Å². The lowest BCUT2D eigenvalue weighted by atomic mass is 9.96. The van der Waals surface area contributed by atoms with Crippen molar-refractivity contribution >= 4 is 9.84 Å². The zero-order chi connectivity index (χ0) is 14.4. The molecule has 2 N–H and O–H groups in total. The highest BCUT2D eigenvalue weighted by Crippen LogP contribution is 2.18. The van der Waals surface area contributed by atoms with E-state index in [-0.39, 0.29) is 16.5 Å². The molecule has 0 aliphatic rings. The van der Waals surface area contributed by atoms with Gasteiger partial charge in [-0.2, -0.15) is 0 Å². The van der Waals surface area contributed by atoms with Crippen molar-refractivity contribution in [2.75, 3.05) is 25.4 Å². The molecule has 0 saturated carbocycles. The molecular formula is C13H30N2O2S. The van der Waals surface area contributed by atoms with Crippen LogP contribution in [0.1, 0.15) is 47.5 Å². The lowest BCUT2D eigenvalue weighted by Crippen LogP contribution is -2.53. The van der Waals surface area contributed by atoms with Gasteiger partial charge in [0, 0.05) is 18.6 Å². The van der Waals surface area contributed by atoms with Gasteiger partial charge < -0.3 is 5.73 Å². The van der Waals surface area contributed by atoms with Gasteiger partial charge in [0.25, 0.3) is 0 Å². The first-order valence-electron chi connectivity index (χ1n) is 6.90. The standard InChI is InChI=1S/C13H30N2O2S/c1-6-8-15(13(5,7-2)11-14)9-10-18(16,17)12(3)4/h12H,6-11,14H2,1-5H3. The highest BCUT2D eigenvalue weighted by atomic mass is 32.2. The van der Waals surface area contributed by atoms with Crippen LogP contribution in [0.15, 0.2) is 0 Å². The zero-order valence-electron chi connectivity index (χ0n) is 12.6. The second kappa shape index (κ2) is 7.46. The first-order chi connectivity index (χ1) is 8.23. The average molecular weight is 278 g/mol. The minimum atomic E-state index is -2.97. The van der Waals surface area contributed by atoms with Crippen molar-refractivity contribution in [3.63, 3.8) is 0 Å². The van der Waals surface area contributed by atoms with Crippen molar-refractivity contribution in [2.24, 2.45) is 5.73 Å². The van der Waals surface area contributed by atoms with Gasteiger partial charge in [0.2, 0.25) is 0 Å². The van der Waals surface area contributed by atoms with E-state index in [1.165, 1.54) is 0 Å². The predicted octanol–water partition coefficient (Wildman–Crippen LogP) is 1.65. The number of nitrogens with zero attached hydrogens (tertiary/aromatic N) is 1. The number of hydrogen-bond donors (Lipinski definition) is 1. The van der Waals surface area contributed by atoms with Crippen LogP contribution in [0.5, 0.6) is 0 Å². The van der Waals surface area contributed by atoms with Gasteiger partial charge in [0.05, 0.1) is 11.0 Å². The van der Waals surface area contributed by atoms with Gasteiger partial charge in [-0.3, -0.25) is 4.90 Å². The van der Waals surface area contributed by atoms with Crippen LogP contribution in [-0.4, -0.2) is 49.5 Å². The zero-order valence-corrected chi connectivity index (χ0v) is 13.4. The molecule has 0 aromatic rings. The fraction of sp³-hybridized carbons (Fsp3) is 1.00. The maximum atomic E-state index is 11.9. The molecule has 0 aliphatic carbocycles. The maximum absolute atomic E-state index is 11.9. The Labute approximate surface area is 113 Å². The van der Waals surface area contributed by atoms with Gasteiger partial charge >= 0.3 is 0 Å². The molecule has 0 rings (SSSR count). The maximum Gasteiger partial charge on any atom is 0.153 e. The molecular weight excluding hydrogens is 248 g/mol. The molecule has 0 aromatic carbocycles. The molecule has 5 heteroatoms.